The highest BCUT2D eigenvalue weighted by Gasteiger charge is 2.23. The molecule has 1 aromatic carbocycles. The third-order valence-corrected chi connectivity index (χ3v) is 4.04. The fourth-order valence-electron chi connectivity index (χ4n) is 2.76. The van der Waals surface area contributed by atoms with Crippen molar-refractivity contribution in [3.05, 3.63) is 23.8 Å². The van der Waals surface area contributed by atoms with E-state index < -0.39 is 18.6 Å². The van der Waals surface area contributed by atoms with Gasteiger partial charge in [-0.3, -0.25) is 4.79 Å². The van der Waals surface area contributed by atoms with E-state index in [0.29, 0.717) is 6.54 Å². The zero-order chi connectivity index (χ0) is 16.8. The predicted molar refractivity (Wildman–Crippen MR) is 79.9 cm³/mol. The van der Waals surface area contributed by atoms with Crippen molar-refractivity contribution in [3.8, 4) is 11.5 Å². The molecule has 128 valence electrons. The van der Waals surface area contributed by atoms with Crippen molar-refractivity contribution in [2.45, 2.75) is 38.4 Å². The van der Waals surface area contributed by atoms with Gasteiger partial charge in [-0.15, -0.1) is 0 Å². The van der Waals surface area contributed by atoms with Crippen LogP contribution in [0.4, 0.5) is 8.78 Å². The van der Waals surface area contributed by atoms with Crippen molar-refractivity contribution in [2.24, 2.45) is 5.92 Å². The monoisotopic (exact) mass is 329 g/mol. The van der Waals surface area contributed by atoms with E-state index in [1.165, 1.54) is 25.3 Å². The number of methoxy groups -OCH3 is 1. The summed E-state index contributed by atoms with van der Waals surface area (Å²) in [5, 5.41) is 12.6. The van der Waals surface area contributed by atoms with Gasteiger partial charge in [0.25, 0.3) is 5.91 Å². The number of rotatable bonds is 6. The van der Waals surface area contributed by atoms with Crippen LogP contribution in [-0.2, 0) is 0 Å². The minimum atomic E-state index is -3.00. The lowest BCUT2D eigenvalue weighted by atomic mass is 9.86. The molecule has 1 aliphatic carbocycles. The number of hydrogen-bond donors (Lipinski definition) is 2. The summed E-state index contributed by atoms with van der Waals surface area (Å²) in [6.07, 6.45) is 3.24. The van der Waals surface area contributed by atoms with Gasteiger partial charge in [-0.05, 0) is 31.0 Å². The van der Waals surface area contributed by atoms with Crippen molar-refractivity contribution < 1.29 is 28.2 Å². The first-order valence-corrected chi connectivity index (χ1v) is 7.60. The van der Waals surface area contributed by atoms with Crippen LogP contribution in [0, 0.1) is 5.92 Å². The summed E-state index contributed by atoms with van der Waals surface area (Å²) in [5.74, 6) is -0.426. The first-order chi connectivity index (χ1) is 11.0. The van der Waals surface area contributed by atoms with E-state index in [9.17, 15) is 18.7 Å². The Balaban J connectivity index is 2.01. The number of amides is 1. The van der Waals surface area contributed by atoms with Gasteiger partial charge in [0, 0.05) is 18.0 Å². The average molecular weight is 329 g/mol. The molecule has 0 spiro atoms. The predicted octanol–water partition coefficient (Wildman–Crippen LogP) is 2.58. The molecule has 2 rings (SSSR count). The first-order valence-electron chi connectivity index (χ1n) is 7.60. The normalized spacial score (nSPS) is 21.1. The van der Waals surface area contributed by atoms with Crippen molar-refractivity contribution in [1.82, 2.24) is 5.32 Å². The minimum absolute atomic E-state index is 0.0303. The van der Waals surface area contributed by atoms with Crippen LogP contribution in [0.5, 0.6) is 11.5 Å². The molecular formula is C16H21F2NO4. The molecule has 1 amide bonds. The highest BCUT2D eigenvalue weighted by atomic mass is 19.3. The van der Waals surface area contributed by atoms with Gasteiger partial charge in [0.05, 0.1) is 13.2 Å². The van der Waals surface area contributed by atoms with Gasteiger partial charge in [-0.2, -0.15) is 8.78 Å². The maximum Gasteiger partial charge on any atom is 0.387 e. The molecule has 0 heterocycles. The number of benzene rings is 1. The van der Waals surface area contributed by atoms with E-state index >= 15 is 0 Å². The molecule has 1 saturated carbocycles. The minimum Gasteiger partial charge on any atom is -0.493 e. The molecule has 2 unspecified atom stereocenters. The number of carbonyl (C=O) groups is 1. The largest absolute Gasteiger partial charge is 0.493 e. The summed E-state index contributed by atoms with van der Waals surface area (Å²) in [6.45, 7) is -2.64. The Morgan fingerprint density at radius 2 is 2.09 bits per heavy atom. The van der Waals surface area contributed by atoms with Crippen LogP contribution in [-0.4, -0.2) is 37.4 Å². The Kier molecular flexibility index (Phi) is 6.15. The van der Waals surface area contributed by atoms with Crippen molar-refractivity contribution in [3.63, 3.8) is 0 Å². The number of halogens is 2. The molecule has 2 atom stereocenters. The van der Waals surface area contributed by atoms with Crippen LogP contribution in [0.2, 0.25) is 0 Å². The van der Waals surface area contributed by atoms with Gasteiger partial charge in [-0.25, -0.2) is 0 Å². The molecule has 1 aromatic rings. The molecular weight excluding hydrogens is 308 g/mol. The smallest absolute Gasteiger partial charge is 0.387 e. The lowest BCUT2D eigenvalue weighted by Gasteiger charge is -2.27. The van der Waals surface area contributed by atoms with Gasteiger partial charge in [0.1, 0.15) is 0 Å². The molecule has 0 aromatic heterocycles. The van der Waals surface area contributed by atoms with Crippen LogP contribution in [0.1, 0.15) is 36.0 Å². The molecule has 5 nitrogen and oxygen atoms in total. The zero-order valence-electron chi connectivity index (χ0n) is 12.9. The topological polar surface area (TPSA) is 67.8 Å². The SMILES string of the molecule is COc1ccc(C(=O)NCC2CCCCC2O)cc1OC(F)F. The maximum atomic E-state index is 12.4. The first kappa shape index (κ1) is 17.5. The molecule has 2 N–H and O–H groups in total. The highest BCUT2D eigenvalue weighted by Crippen LogP contribution is 2.29. The van der Waals surface area contributed by atoms with Crippen LogP contribution in [0.25, 0.3) is 0 Å². The zero-order valence-corrected chi connectivity index (χ0v) is 12.9. The molecule has 7 heteroatoms. The van der Waals surface area contributed by atoms with Crippen molar-refractivity contribution in [2.75, 3.05) is 13.7 Å². The molecule has 0 saturated heterocycles. The van der Waals surface area contributed by atoms with Crippen molar-refractivity contribution >= 4 is 5.91 Å². The molecule has 0 aliphatic heterocycles. The standard InChI is InChI=1S/C16H21F2NO4/c1-22-13-7-6-10(8-14(13)23-16(17)18)15(21)19-9-11-4-2-3-5-12(11)20/h6-8,11-12,16,20H,2-5,9H2,1H3,(H,19,21). The summed E-state index contributed by atoms with van der Waals surface area (Å²) in [7, 11) is 1.33. The Morgan fingerprint density at radius 3 is 2.74 bits per heavy atom. The number of alkyl halides is 2. The second kappa shape index (κ2) is 8.10. The van der Waals surface area contributed by atoms with E-state index in [-0.39, 0.29) is 23.0 Å². The summed E-state index contributed by atoms with van der Waals surface area (Å²) >= 11 is 0. The van der Waals surface area contributed by atoms with E-state index in [4.69, 9.17) is 4.74 Å². The molecule has 0 radical (unpaired) electrons. The fraction of sp³-hybridized carbons (Fsp3) is 0.562. The van der Waals surface area contributed by atoms with E-state index in [1.807, 2.05) is 0 Å². The summed E-state index contributed by atoms with van der Waals surface area (Å²) in [5.41, 5.74) is 0.201. The number of hydrogen-bond acceptors (Lipinski definition) is 4. The number of ether oxygens (including phenoxy) is 2. The lowest BCUT2D eigenvalue weighted by molar-refractivity contribution is -0.0512. The van der Waals surface area contributed by atoms with Gasteiger partial charge in [0.2, 0.25) is 0 Å². The number of aliphatic hydroxyl groups excluding tert-OH is 1. The molecule has 0 bridgehead atoms. The number of carbonyl (C=O) groups excluding carboxylic acids is 1. The van der Waals surface area contributed by atoms with E-state index in [1.54, 1.807) is 0 Å². The second-order valence-corrected chi connectivity index (χ2v) is 5.57. The quantitative estimate of drug-likeness (QED) is 0.842. The molecule has 23 heavy (non-hydrogen) atoms. The third-order valence-electron chi connectivity index (χ3n) is 4.04. The maximum absolute atomic E-state index is 12.4. The van der Waals surface area contributed by atoms with Crippen LogP contribution in [0.3, 0.4) is 0 Å². The number of nitrogens with one attached hydrogen (secondary N) is 1. The summed E-state index contributed by atoms with van der Waals surface area (Å²) in [6, 6.07) is 4.10. The third kappa shape index (κ3) is 4.79. The molecule has 1 aliphatic rings. The van der Waals surface area contributed by atoms with Crippen LogP contribution in [0.15, 0.2) is 18.2 Å². The summed E-state index contributed by atoms with van der Waals surface area (Å²) in [4.78, 5) is 12.2. The van der Waals surface area contributed by atoms with Gasteiger partial charge in [-0.1, -0.05) is 12.8 Å². The molecule has 1 fully saturated rings. The number of aliphatic hydroxyl groups is 1. The average Bonchev–Trinajstić information content (AvgIpc) is 2.53. The van der Waals surface area contributed by atoms with E-state index in [0.717, 1.165) is 25.7 Å². The Labute approximate surface area is 133 Å². The van der Waals surface area contributed by atoms with Crippen molar-refractivity contribution in [1.29, 1.82) is 0 Å². The van der Waals surface area contributed by atoms with Gasteiger partial charge >= 0.3 is 6.61 Å². The Bertz CT molecular complexity index is 539. The Morgan fingerprint density at radius 1 is 1.35 bits per heavy atom. The van der Waals surface area contributed by atoms with Gasteiger partial charge in [0.15, 0.2) is 11.5 Å². The second-order valence-electron chi connectivity index (χ2n) is 5.57. The van der Waals surface area contributed by atoms with E-state index in [2.05, 4.69) is 10.1 Å². The van der Waals surface area contributed by atoms with Crippen LogP contribution >= 0.6 is 0 Å². The fourth-order valence-corrected chi connectivity index (χ4v) is 2.76. The lowest BCUT2D eigenvalue weighted by Crippen LogP contribution is -2.36. The van der Waals surface area contributed by atoms with Gasteiger partial charge < -0.3 is 19.9 Å². The highest BCUT2D eigenvalue weighted by molar-refractivity contribution is 5.94. The summed E-state index contributed by atoms with van der Waals surface area (Å²) < 4.78 is 34.1. The Hall–Kier alpha value is -1.89. The van der Waals surface area contributed by atoms with Crippen LogP contribution < -0.4 is 14.8 Å².